The zero-order valence-corrected chi connectivity index (χ0v) is 10.5. The van der Waals surface area contributed by atoms with Gasteiger partial charge >= 0.3 is 0 Å². The highest BCUT2D eigenvalue weighted by atomic mass is 35.5. The molecular weight excluding hydrogens is 262 g/mol. The molecule has 0 aliphatic heterocycles. The van der Waals surface area contributed by atoms with Crippen LogP contribution >= 0.6 is 11.6 Å². The Labute approximate surface area is 113 Å². The maximum absolute atomic E-state index is 5.93. The van der Waals surface area contributed by atoms with Crippen LogP contribution in [-0.2, 0) is 0 Å². The summed E-state index contributed by atoms with van der Waals surface area (Å²) in [6, 6.07) is 11.5. The van der Waals surface area contributed by atoms with E-state index in [1.165, 1.54) is 0 Å². The summed E-state index contributed by atoms with van der Waals surface area (Å²) in [5, 5.41) is 5.78. The topological polar surface area (TPSA) is 43.3 Å². The summed E-state index contributed by atoms with van der Waals surface area (Å²) in [5.41, 5.74) is 3.48. The van der Waals surface area contributed by atoms with E-state index in [1.54, 1.807) is 23.0 Å². The molecule has 3 heterocycles. The van der Waals surface area contributed by atoms with E-state index in [9.17, 15) is 0 Å². The minimum atomic E-state index is 0.436. The second-order valence-corrected chi connectivity index (χ2v) is 4.63. The van der Waals surface area contributed by atoms with E-state index >= 15 is 0 Å². The van der Waals surface area contributed by atoms with E-state index in [0.717, 1.165) is 27.9 Å². The highest BCUT2D eigenvalue weighted by molar-refractivity contribution is 6.29. The van der Waals surface area contributed by atoms with Gasteiger partial charge in [0.1, 0.15) is 10.7 Å². The van der Waals surface area contributed by atoms with Crippen LogP contribution in [0.3, 0.4) is 0 Å². The zero-order chi connectivity index (χ0) is 12.8. The van der Waals surface area contributed by atoms with Crippen molar-refractivity contribution in [1.82, 2.24) is 14.6 Å². The number of rotatable bonds is 1. The van der Waals surface area contributed by atoms with Crippen molar-refractivity contribution < 1.29 is 4.42 Å². The average molecular weight is 270 g/mol. The second-order valence-electron chi connectivity index (χ2n) is 4.24. The van der Waals surface area contributed by atoms with Gasteiger partial charge in [0.05, 0.1) is 18.2 Å². The first kappa shape index (κ1) is 10.6. The Balaban J connectivity index is 2.00. The third-order valence-electron chi connectivity index (χ3n) is 3.08. The van der Waals surface area contributed by atoms with Crippen LogP contribution in [0.15, 0.2) is 53.3 Å². The Hall–Kier alpha value is -2.33. The summed E-state index contributed by atoms with van der Waals surface area (Å²) in [7, 11) is 0. The van der Waals surface area contributed by atoms with Gasteiger partial charge < -0.3 is 4.42 Å². The van der Waals surface area contributed by atoms with E-state index in [-0.39, 0.29) is 0 Å². The van der Waals surface area contributed by atoms with E-state index in [0.29, 0.717) is 5.15 Å². The molecule has 0 amide bonds. The molecule has 0 fully saturated rings. The van der Waals surface area contributed by atoms with Crippen molar-refractivity contribution in [1.29, 1.82) is 0 Å². The van der Waals surface area contributed by atoms with Crippen molar-refractivity contribution in [3.8, 4) is 11.3 Å². The number of hydrogen-bond donors (Lipinski definition) is 0. The molecule has 0 aliphatic rings. The van der Waals surface area contributed by atoms with Crippen LogP contribution in [0.25, 0.3) is 27.9 Å². The number of hydrogen-bond acceptors (Lipinski definition) is 3. The Morgan fingerprint density at radius 1 is 1.11 bits per heavy atom. The van der Waals surface area contributed by atoms with Crippen molar-refractivity contribution in [2.75, 3.05) is 0 Å². The van der Waals surface area contributed by atoms with Crippen molar-refractivity contribution in [2.45, 2.75) is 0 Å². The molecule has 0 bridgehead atoms. The molecule has 4 rings (SSSR count). The number of nitrogens with zero attached hydrogens (tertiary/aromatic N) is 3. The summed E-state index contributed by atoms with van der Waals surface area (Å²) in [6.07, 6.45) is 3.46. The Morgan fingerprint density at radius 2 is 2.05 bits per heavy atom. The Morgan fingerprint density at radius 3 is 3.00 bits per heavy atom. The smallest absolute Gasteiger partial charge is 0.154 e. The molecule has 0 atom stereocenters. The Bertz CT molecular complexity index is 894. The number of aromatic nitrogens is 3. The fourth-order valence-corrected chi connectivity index (χ4v) is 2.30. The number of furan rings is 1. The van der Waals surface area contributed by atoms with Gasteiger partial charge in [-0.25, -0.2) is 9.50 Å². The van der Waals surface area contributed by atoms with Crippen molar-refractivity contribution >= 4 is 28.2 Å². The number of fused-ring (bicyclic) bond motifs is 2. The molecule has 3 aromatic heterocycles. The van der Waals surface area contributed by atoms with Gasteiger partial charge in [-0.1, -0.05) is 23.7 Å². The van der Waals surface area contributed by atoms with Gasteiger partial charge in [-0.05, 0) is 24.3 Å². The lowest BCUT2D eigenvalue weighted by atomic mass is 10.1. The standard InChI is InChI=1S/C14H8ClN3O/c15-13-3-4-14-16-8-11(18(14)17-13)10-2-1-9-5-6-19-12(9)7-10/h1-8H. The van der Waals surface area contributed by atoms with Crippen LogP contribution in [-0.4, -0.2) is 14.6 Å². The van der Waals surface area contributed by atoms with E-state index < -0.39 is 0 Å². The lowest BCUT2D eigenvalue weighted by Gasteiger charge is -2.01. The van der Waals surface area contributed by atoms with Gasteiger partial charge in [-0.15, -0.1) is 0 Å². The van der Waals surface area contributed by atoms with Crippen LogP contribution < -0.4 is 0 Å². The largest absolute Gasteiger partial charge is 0.464 e. The highest BCUT2D eigenvalue weighted by Gasteiger charge is 2.09. The predicted octanol–water partition coefficient (Wildman–Crippen LogP) is 3.80. The van der Waals surface area contributed by atoms with Crippen LogP contribution in [0, 0.1) is 0 Å². The van der Waals surface area contributed by atoms with Gasteiger partial charge in [0.15, 0.2) is 5.65 Å². The van der Waals surface area contributed by atoms with Crippen molar-refractivity contribution in [2.24, 2.45) is 0 Å². The van der Waals surface area contributed by atoms with Crippen molar-refractivity contribution in [3.05, 3.63) is 54.0 Å². The minimum Gasteiger partial charge on any atom is -0.464 e. The lowest BCUT2D eigenvalue weighted by molar-refractivity contribution is 0.616. The molecule has 0 N–H and O–H groups in total. The number of imidazole rings is 1. The first-order valence-electron chi connectivity index (χ1n) is 5.79. The fourth-order valence-electron chi connectivity index (χ4n) is 2.16. The van der Waals surface area contributed by atoms with Crippen LogP contribution in [0.4, 0.5) is 0 Å². The highest BCUT2D eigenvalue weighted by Crippen LogP contribution is 2.25. The third kappa shape index (κ3) is 1.61. The van der Waals surface area contributed by atoms with Gasteiger partial charge in [-0.3, -0.25) is 0 Å². The quantitative estimate of drug-likeness (QED) is 0.528. The van der Waals surface area contributed by atoms with Crippen molar-refractivity contribution in [3.63, 3.8) is 0 Å². The zero-order valence-electron chi connectivity index (χ0n) is 9.75. The molecule has 0 saturated heterocycles. The number of benzene rings is 1. The first-order chi connectivity index (χ1) is 9.31. The molecule has 0 radical (unpaired) electrons. The van der Waals surface area contributed by atoms with Gasteiger partial charge in [0.25, 0.3) is 0 Å². The summed E-state index contributed by atoms with van der Waals surface area (Å²) in [5.74, 6) is 0. The monoisotopic (exact) mass is 269 g/mol. The molecule has 0 saturated carbocycles. The van der Waals surface area contributed by atoms with Gasteiger partial charge in [0.2, 0.25) is 0 Å². The molecule has 4 nitrogen and oxygen atoms in total. The Kier molecular flexibility index (Phi) is 2.13. The molecule has 0 unspecified atom stereocenters. The molecular formula is C14H8ClN3O. The summed E-state index contributed by atoms with van der Waals surface area (Å²) < 4.78 is 7.14. The molecule has 5 heteroatoms. The second kappa shape index (κ2) is 3.83. The van der Waals surface area contributed by atoms with Gasteiger partial charge in [0, 0.05) is 10.9 Å². The average Bonchev–Trinajstić information content (AvgIpc) is 3.03. The maximum atomic E-state index is 5.93. The molecule has 1 aromatic carbocycles. The van der Waals surface area contributed by atoms with Crippen LogP contribution in [0.1, 0.15) is 0 Å². The molecule has 4 aromatic rings. The van der Waals surface area contributed by atoms with E-state index in [1.807, 2.05) is 30.3 Å². The summed E-state index contributed by atoms with van der Waals surface area (Å²) in [6.45, 7) is 0. The van der Waals surface area contributed by atoms with Crippen LogP contribution in [0.2, 0.25) is 5.15 Å². The third-order valence-corrected chi connectivity index (χ3v) is 3.28. The lowest BCUT2D eigenvalue weighted by Crippen LogP contribution is -1.93. The normalized spacial score (nSPS) is 11.4. The molecule has 0 aliphatic carbocycles. The minimum absolute atomic E-state index is 0.436. The van der Waals surface area contributed by atoms with E-state index in [2.05, 4.69) is 10.1 Å². The fraction of sp³-hybridized carbons (Fsp3) is 0. The molecule has 19 heavy (non-hydrogen) atoms. The summed E-state index contributed by atoms with van der Waals surface area (Å²) >= 11 is 5.93. The first-order valence-corrected chi connectivity index (χ1v) is 6.17. The maximum Gasteiger partial charge on any atom is 0.154 e. The van der Waals surface area contributed by atoms with Crippen LogP contribution in [0.5, 0.6) is 0 Å². The SMILES string of the molecule is Clc1ccc2ncc(-c3ccc4ccoc4c3)n2n1. The summed E-state index contributed by atoms with van der Waals surface area (Å²) in [4.78, 5) is 4.32. The molecule has 0 spiro atoms. The van der Waals surface area contributed by atoms with Gasteiger partial charge in [-0.2, -0.15) is 5.10 Å². The number of halogens is 1. The molecule has 92 valence electrons. The predicted molar refractivity (Wildman–Crippen MR) is 73.2 cm³/mol. The van der Waals surface area contributed by atoms with E-state index in [4.69, 9.17) is 16.0 Å².